The first kappa shape index (κ1) is 15.2. The molecule has 0 aliphatic rings. The van der Waals surface area contributed by atoms with Crippen molar-refractivity contribution in [2.45, 2.75) is 40.5 Å². The summed E-state index contributed by atoms with van der Waals surface area (Å²) in [4.78, 5) is 17.3. The number of hydrogen-bond donors (Lipinski definition) is 0. The van der Waals surface area contributed by atoms with Gasteiger partial charge in [0.2, 0.25) is 0 Å². The van der Waals surface area contributed by atoms with Crippen LogP contribution >= 0.6 is 11.3 Å². The Hall–Kier alpha value is -1.75. The van der Waals surface area contributed by atoms with Crippen LogP contribution < -0.4 is 4.90 Å². The third-order valence-electron chi connectivity index (χ3n) is 3.82. The fourth-order valence-electron chi connectivity index (χ4n) is 2.99. The Labute approximate surface area is 135 Å². The van der Waals surface area contributed by atoms with Crippen LogP contribution in [-0.4, -0.2) is 28.0 Å². The fourth-order valence-corrected chi connectivity index (χ4v) is 4.25. The maximum Gasteiger partial charge on any atom is 0.150 e. The van der Waals surface area contributed by atoms with Gasteiger partial charge in [-0.3, -0.25) is 0 Å². The highest BCUT2D eigenvalue weighted by Gasteiger charge is 2.17. The summed E-state index contributed by atoms with van der Waals surface area (Å²) in [5, 5.41) is 1.18. The number of thiophene rings is 1. The number of hydrogen-bond acceptors (Lipinski definition) is 5. The first-order valence-electron chi connectivity index (χ1n) is 7.92. The normalized spacial score (nSPS) is 11.5. The van der Waals surface area contributed by atoms with E-state index in [9.17, 15) is 0 Å². The van der Waals surface area contributed by atoms with Crippen LogP contribution in [0, 0.1) is 13.8 Å². The number of aromatic nitrogens is 3. The second kappa shape index (κ2) is 6.16. The van der Waals surface area contributed by atoms with Gasteiger partial charge in [-0.1, -0.05) is 13.8 Å². The highest BCUT2D eigenvalue weighted by molar-refractivity contribution is 7.26. The monoisotopic (exact) mass is 314 g/mol. The van der Waals surface area contributed by atoms with Crippen LogP contribution in [0.1, 0.15) is 37.9 Å². The van der Waals surface area contributed by atoms with Crippen molar-refractivity contribution in [2.24, 2.45) is 0 Å². The Kier molecular flexibility index (Phi) is 4.25. The highest BCUT2D eigenvalue weighted by Crippen LogP contribution is 2.37. The number of fused-ring (bicyclic) bond motifs is 3. The molecule has 3 rings (SSSR count). The minimum atomic E-state index is 1.03. The second-order valence-corrected chi connectivity index (χ2v) is 6.72. The lowest BCUT2D eigenvalue weighted by molar-refractivity contribution is 0.737. The predicted molar refractivity (Wildman–Crippen MR) is 95.0 cm³/mol. The number of nitrogens with zero attached hydrogens (tertiary/aromatic N) is 4. The fraction of sp³-hybridized carbons (Fsp3) is 0.471. The number of anilines is 1. The van der Waals surface area contributed by atoms with E-state index in [1.165, 1.54) is 15.6 Å². The molecule has 22 heavy (non-hydrogen) atoms. The van der Waals surface area contributed by atoms with Crippen molar-refractivity contribution in [3.63, 3.8) is 0 Å². The highest BCUT2D eigenvalue weighted by atomic mass is 32.1. The van der Waals surface area contributed by atoms with E-state index in [0.29, 0.717) is 0 Å². The molecular weight excluding hydrogens is 292 g/mol. The molecule has 0 spiro atoms. The van der Waals surface area contributed by atoms with Crippen molar-refractivity contribution in [1.82, 2.24) is 15.0 Å². The van der Waals surface area contributed by atoms with Gasteiger partial charge in [-0.2, -0.15) is 0 Å². The Morgan fingerprint density at radius 1 is 1.09 bits per heavy atom. The van der Waals surface area contributed by atoms with Gasteiger partial charge in [0, 0.05) is 24.2 Å². The smallest absolute Gasteiger partial charge is 0.150 e. The number of rotatable bonds is 5. The summed E-state index contributed by atoms with van der Waals surface area (Å²) in [6, 6.07) is 2.13. The van der Waals surface area contributed by atoms with E-state index < -0.39 is 0 Å². The number of aryl methyl sites for hydroxylation is 2. The summed E-state index contributed by atoms with van der Waals surface area (Å²) in [6.07, 6.45) is 3.93. The maximum absolute atomic E-state index is 4.70. The summed E-state index contributed by atoms with van der Waals surface area (Å²) in [6.45, 7) is 10.7. The van der Waals surface area contributed by atoms with Gasteiger partial charge >= 0.3 is 0 Å². The van der Waals surface area contributed by atoms with Crippen molar-refractivity contribution in [1.29, 1.82) is 0 Å². The zero-order chi connectivity index (χ0) is 15.7. The zero-order valence-corrected chi connectivity index (χ0v) is 14.5. The van der Waals surface area contributed by atoms with Gasteiger partial charge < -0.3 is 4.90 Å². The van der Waals surface area contributed by atoms with Crippen molar-refractivity contribution < 1.29 is 0 Å². The van der Waals surface area contributed by atoms with Crippen molar-refractivity contribution in [3.05, 3.63) is 23.7 Å². The van der Waals surface area contributed by atoms with Gasteiger partial charge in [-0.25, -0.2) is 15.0 Å². The Bertz CT molecular complexity index is 803. The van der Waals surface area contributed by atoms with Gasteiger partial charge in [0.15, 0.2) is 0 Å². The van der Waals surface area contributed by atoms with Crippen LogP contribution in [0.2, 0.25) is 0 Å². The average molecular weight is 314 g/mol. The molecule has 0 aromatic carbocycles. The molecule has 0 aliphatic heterocycles. The largest absolute Gasteiger partial charge is 0.355 e. The molecule has 0 N–H and O–H groups in total. The first-order chi connectivity index (χ1) is 10.7. The molecule has 0 aliphatic carbocycles. The predicted octanol–water partition coefficient (Wildman–Crippen LogP) is 4.48. The third kappa shape index (κ3) is 2.54. The average Bonchev–Trinajstić information content (AvgIpc) is 2.85. The number of pyridine rings is 1. The van der Waals surface area contributed by atoms with Crippen molar-refractivity contribution in [2.75, 3.05) is 18.0 Å². The Morgan fingerprint density at radius 3 is 2.50 bits per heavy atom. The van der Waals surface area contributed by atoms with E-state index in [0.717, 1.165) is 47.8 Å². The van der Waals surface area contributed by atoms with Crippen LogP contribution in [0.3, 0.4) is 0 Å². The van der Waals surface area contributed by atoms with Crippen LogP contribution in [0.15, 0.2) is 12.4 Å². The topological polar surface area (TPSA) is 41.9 Å². The van der Waals surface area contributed by atoms with Gasteiger partial charge in [0.1, 0.15) is 17.0 Å². The summed E-state index contributed by atoms with van der Waals surface area (Å²) in [5.41, 5.74) is 3.35. The van der Waals surface area contributed by atoms with Crippen LogP contribution in [0.5, 0.6) is 0 Å². The van der Waals surface area contributed by atoms with Gasteiger partial charge in [-0.05, 0) is 38.3 Å². The Morgan fingerprint density at radius 2 is 1.82 bits per heavy atom. The van der Waals surface area contributed by atoms with Crippen LogP contribution in [0.4, 0.5) is 5.82 Å². The minimum absolute atomic E-state index is 1.03. The molecule has 116 valence electrons. The molecule has 0 bridgehead atoms. The molecule has 3 aromatic heterocycles. The summed E-state index contributed by atoms with van der Waals surface area (Å²) >= 11 is 1.72. The second-order valence-electron chi connectivity index (χ2n) is 5.72. The minimum Gasteiger partial charge on any atom is -0.355 e. The van der Waals surface area contributed by atoms with Crippen LogP contribution in [0.25, 0.3) is 20.4 Å². The molecule has 3 heterocycles. The molecule has 5 heteroatoms. The van der Waals surface area contributed by atoms with Crippen molar-refractivity contribution in [3.8, 4) is 0 Å². The van der Waals surface area contributed by atoms with E-state index in [-0.39, 0.29) is 0 Å². The quantitative estimate of drug-likeness (QED) is 0.696. The van der Waals surface area contributed by atoms with E-state index in [2.05, 4.69) is 41.7 Å². The Balaban J connectivity index is 2.26. The molecule has 0 radical (unpaired) electrons. The van der Waals surface area contributed by atoms with E-state index in [1.54, 1.807) is 17.7 Å². The van der Waals surface area contributed by atoms with E-state index in [4.69, 9.17) is 4.98 Å². The summed E-state index contributed by atoms with van der Waals surface area (Å²) in [7, 11) is 0. The van der Waals surface area contributed by atoms with Crippen LogP contribution in [-0.2, 0) is 0 Å². The summed E-state index contributed by atoms with van der Waals surface area (Å²) in [5.74, 6) is 1.06. The van der Waals surface area contributed by atoms with Gasteiger partial charge in [-0.15, -0.1) is 11.3 Å². The van der Waals surface area contributed by atoms with Crippen molar-refractivity contribution >= 4 is 37.6 Å². The molecule has 0 atom stereocenters. The summed E-state index contributed by atoms with van der Waals surface area (Å²) < 4.78 is 1.17. The van der Waals surface area contributed by atoms with Gasteiger partial charge in [0.25, 0.3) is 0 Å². The maximum atomic E-state index is 4.70. The molecule has 0 amide bonds. The van der Waals surface area contributed by atoms with Gasteiger partial charge in [0.05, 0.1) is 10.2 Å². The lowest BCUT2D eigenvalue weighted by Gasteiger charge is -2.22. The SMILES string of the molecule is CCCN(CCC)c1ncnc2c1sc1nc(C)cc(C)c12. The molecule has 3 aromatic rings. The van der Waals surface area contributed by atoms with E-state index in [1.807, 2.05) is 6.92 Å². The lowest BCUT2D eigenvalue weighted by atomic mass is 10.1. The van der Waals surface area contributed by atoms with E-state index >= 15 is 0 Å². The standard InChI is InChI=1S/C17H22N4S/c1-5-7-21(8-6-2)16-15-14(18-10-19-16)13-11(3)9-12(4)20-17(13)22-15/h9-10H,5-8H2,1-4H3. The third-order valence-corrected chi connectivity index (χ3v) is 4.89. The molecule has 4 nitrogen and oxygen atoms in total. The molecular formula is C17H22N4S. The lowest BCUT2D eigenvalue weighted by Crippen LogP contribution is -2.25. The molecule has 0 saturated heterocycles. The molecule has 0 unspecified atom stereocenters. The zero-order valence-electron chi connectivity index (χ0n) is 13.7. The first-order valence-corrected chi connectivity index (χ1v) is 8.73. The molecule has 0 fully saturated rings. The molecule has 0 saturated carbocycles.